The molecule has 1 rings (SSSR count). The van der Waals surface area contributed by atoms with Crippen LogP contribution in [0.4, 0.5) is 0 Å². The number of hydrogen-bond acceptors (Lipinski definition) is 2. The van der Waals surface area contributed by atoms with Gasteiger partial charge >= 0.3 is 0 Å². The van der Waals surface area contributed by atoms with Crippen LogP contribution in [-0.2, 0) is 0 Å². The lowest BCUT2D eigenvalue weighted by molar-refractivity contribution is 0.0911. The van der Waals surface area contributed by atoms with E-state index in [1.165, 1.54) is 32.2 Å². The van der Waals surface area contributed by atoms with E-state index in [1.54, 1.807) is 0 Å². The minimum absolute atomic E-state index is 0.444. The molecule has 0 aromatic heterocycles. The van der Waals surface area contributed by atoms with Crippen LogP contribution in [0.5, 0.6) is 0 Å². The van der Waals surface area contributed by atoms with Crippen LogP contribution < -0.4 is 5.32 Å². The first-order valence-corrected chi connectivity index (χ1v) is 7.80. The first-order chi connectivity index (χ1) is 9.15. The fourth-order valence-corrected chi connectivity index (χ4v) is 3.56. The van der Waals surface area contributed by atoms with E-state index in [1.807, 2.05) is 12.2 Å². The topological polar surface area (TPSA) is 15.3 Å². The zero-order valence-corrected chi connectivity index (χ0v) is 13.0. The summed E-state index contributed by atoms with van der Waals surface area (Å²) in [4.78, 5) is 2.48. The average Bonchev–Trinajstić information content (AvgIpc) is 2.37. The molecule has 0 aromatic carbocycles. The highest BCUT2D eigenvalue weighted by atomic mass is 15.1. The molecule has 1 aliphatic rings. The molecule has 1 saturated carbocycles. The van der Waals surface area contributed by atoms with Crippen molar-refractivity contribution in [2.45, 2.75) is 39.5 Å². The highest BCUT2D eigenvalue weighted by Gasteiger charge is 2.35. The molecule has 2 atom stereocenters. The van der Waals surface area contributed by atoms with Crippen molar-refractivity contribution in [3.8, 4) is 0 Å². The Morgan fingerprint density at radius 1 is 1.32 bits per heavy atom. The van der Waals surface area contributed by atoms with Gasteiger partial charge in [0.2, 0.25) is 0 Å². The Balaban J connectivity index is 2.70. The van der Waals surface area contributed by atoms with E-state index >= 15 is 0 Å². The van der Waals surface area contributed by atoms with E-state index in [2.05, 4.69) is 37.2 Å². The van der Waals surface area contributed by atoms with E-state index in [0.717, 1.165) is 32.1 Å². The highest BCUT2D eigenvalue weighted by molar-refractivity contribution is 4.92. The molecule has 2 heteroatoms. The van der Waals surface area contributed by atoms with Gasteiger partial charge in [0.15, 0.2) is 0 Å². The van der Waals surface area contributed by atoms with Crippen molar-refractivity contribution in [1.82, 2.24) is 10.2 Å². The van der Waals surface area contributed by atoms with Gasteiger partial charge in [-0.2, -0.15) is 0 Å². The van der Waals surface area contributed by atoms with Crippen molar-refractivity contribution < 1.29 is 0 Å². The van der Waals surface area contributed by atoms with Crippen LogP contribution in [0.2, 0.25) is 0 Å². The summed E-state index contributed by atoms with van der Waals surface area (Å²) in [6.45, 7) is 17.7. The van der Waals surface area contributed by atoms with Crippen molar-refractivity contribution in [2.24, 2.45) is 11.3 Å². The van der Waals surface area contributed by atoms with E-state index in [0.29, 0.717) is 5.41 Å². The fourth-order valence-electron chi connectivity index (χ4n) is 3.56. The highest BCUT2D eigenvalue weighted by Crippen LogP contribution is 2.39. The number of nitrogens with zero attached hydrogens (tertiary/aromatic N) is 1. The maximum atomic E-state index is 3.88. The molecule has 1 aliphatic carbocycles. The van der Waals surface area contributed by atoms with Gasteiger partial charge in [-0.1, -0.05) is 38.8 Å². The van der Waals surface area contributed by atoms with Gasteiger partial charge in [0.1, 0.15) is 0 Å². The third-order valence-electron chi connectivity index (χ3n) is 4.27. The van der Waals surface area contributed by atoms with Crippen LogP contribution in [0.15, 0.2) is 25.3 Å². The smallest absolute Gasteiger partial charge is 0.0164 e. The third kappa shape index (κ3) is 5.50. The third-order valence-corrected chi connectivity index (χ3v) is 4.27. The quantitative estimate of drug-likeness (QED) is 0.642. The summed E-state index contributed by atoms with van der Waals surface area (Å²) < 4.78 is 0. The summed E-state index contributed by atoms with van der Waals surface area (Å²) in [5.74, 6) is 0.863. The Labute approximate surface area is 120 Å². The second kappa shape index (κ2) is 8.55. The van der Waals surface area contributed by atoms with Crippen LogP contribution in [0.25, 0.3) is 0 Å². The summed E-state index contributed by atoms with van der Waals surface area (Å²) in [5, 5.41) is 3.59. The van der Waals surface area contributed by atoms with Crippen LogP contribution in [0.1, 0.15) is 39.5 Å². The standard InChI is InChI=1S/C17H32N2/c1-5-11-19(12-6-2)15-17(14-18-7-3)10-8-9-16(4)13-17/h5-6,16,18H,1-2,7-15H2,3-4H3. The van der Waals surface area contributed by atoms with Crippen molar-refractivity contribution in [2.75, 3.05) is 32.7 Å². The number of nitrogens with one attached hydrogen (secondary N) is 1. The predicted octanol–water partition coefficient (Wildman–Crippen LogP) is 3.47. The lowest BCUT2D eigenvalue weighted by Gasteiger charge is -2.43. The molecular weight excluding hydrogens is 232 g/mol. The molecule has 1 fully saturated rings. The van der Waals surface area contributed by atoms with Crippen molar-refractivity contribution >= 4 is 0 Å². The van der Waals surface area contributed by atoms with E-state index in [9.17, 15) is 0 Å². The molecule has 1 N–H and O–H groups in total. The van der Waals surface area contributed by atoms with Crippen LogP contribution in [-0.4, -0.2) is 37.6 Å². The van der Waals surface area contributed by atoms with Crippen molar-refractivity contribution in [3.05, 3.63) is 25.3 Å². The van der Waals surface area contributed by atoms with Crippen LogP contribution in [0, 0.1) is 11.3 Å². The molecule has 0 radical (unpaired) electrons. The predicted molar refractivity (Wildman–Crippen MR) is 85.4 cm³/mol. The molecule has 0 aliphatic heterocycles. The van der Waals surface area contributed by atoms with Crippen LogP contribution in [0.3, 0.4) is 0 Å². The molecule has 0 aromatic rings. The summed E-state index contributed by atoms with van der Waals surface area (Å²) >= 11 is 0. The molecule has 0 heterocycles. The normalized spacial score (nSPS) is 27.4. The Morgan fingerprint density at radius 3 is 2.53 bits per heavy atom. The molecule has 0 bridgehead atoms. The maximum Gasteiger partial charge on any atom is 0.0164 e. The molecule has 0 spiro atoms. The lowest BCUT2D eigenvalue weighted by atomic mass is 9.69. The van der Waals surface area contributed by atoms with Crippen LogP contribution >= 0.6 is 0 Å². The minimum Gasteiger partial charge on any atom is -0.316 e. The second-order valence-electron chi connectivity index (χ2n) is 6.25. The largest absolute Gasteiger partial charge is 0.316 e. The average molecular weight is 264 g/mol. The van der Waals surface area contributed by atoms with Gasteiger partial charge in [0.25, 0.3) is 0 Å². The van der Waals surface area contributed by atoms with Gasteiger partial charge in [-0.25, -0.2) is 0 Å². The van der Waals surface area contributed by atoms with Gasteiger partial charge < -0.3 is 5.32 Å². The minimum atomic E-state index is 0.444. The molecule has 2 unspecified atom stereocenters. The van der Waals surface area contributed by atoms with Gasteiger partial charge in [-0.3, -0.25) is 4.90 Å². The van der Waals surface area contributed by atoms with Gasteiger partial charge in [-0.05, 0) is 30.7 Å². The Bertz CT molecular complexity index is 264. The van der Waals surface area contributed by atoms with Crippen molar-refractivity contribution in [1.29, 1.82) is 0 Å². The first-order valence-electron chi connectivity index (χ1n) is 7.80. The molecule has 0 amide bonds. The van der Waals surface area contributed by atoms with E-state index in [4.69, 9.17) is 0 Å². The first kappa shape index (κ1) is 16.5. The summed E-state index contributed by atoms with van der Waals surface area (Å²) in [7, 11) is 0. The Kier molecular flexibility index (Phi) is 7.40. The lowest BCUT2D eigenvalue weighted by Crippen LogP contribution is -2.46. The number of rotatable bonds is 9. The monoisotopic (exact) mass is 264 g/mol. The molecular formula is C17H32N2. The second-order valence-corrected chi connectivity index (χ2v) is 6.25. The van der Waals surface area contributed by atoms with E-state index in [-0.39, 0.29) is 0 Å². The fraction of sp³-hybridized carbons (Fsp3) is 0.765. The zero-order chi connectivity index (χ0) is 14.1. The van der Waals surface area contributed by atoms with Gasteiger partial charge in [0.05, 0.1) is 0 Å². The van der Waals surface area contributed by atoms with E-state index < -0.39 is 0 Å². The summed E-state index contributed by atoms with van der Waals surface area (Å²) in [6.07, 6.45) is 9.51. The molecule has 19 heavy (non-hydrogen) atoms. The van der Waals surface area contributed by atoms with Crippen molar-refractivity contribution in [3.63, 3.8) is 0 Å². The van der Waals surface area contributed by atoms with Gasteiger partial charge in [0, 0.05) is 26.2 Å². The van der Waals surface area contributed by atoms with Gasteiger partial charge in [-0.15, -0.1) is 13.2 Å². The molecule has 0 saturated heterocycles. The summed E-state index contributed by atoms with van der Waals surface area (Å²) in [6, 6.07) is 0. The maximum absolute atomic E-state index is 3.88. The number of hydrogen-bond donors (Lipinski definition) is 1. The SMILES string of the molecule is C=CCN(CC=C)CC1(CNCC)CCCC(C)C1. The Hall–Kier alpha value is -0.600. The molecule has 110 valence electrons. The summed E-state index contributed by atoms with van der Waals surface area (Å²) in [5.41, 5.74) is 0.444. The Morgan fingerprint density at radius 2 is 2.00 bits per heavy atom. The zero-order valence-electron chi connectivity index (χ0n) is 13.0. The molecule has 2 nitrogen and oxygen atoms in total.